The molecule has 2 aliphatic heterocycles. The summed E-state index contributed by atoms with van der Waals surface area (Å²) in [5, 5.41) is 2.40. The van der Waals surface area contributed by atoms with Crippen LogP contribution < -0.4 is 0 Å². The van der Waals surface area contributed by atoms with E-state index in [-0.39, 0.29) is 5.25 Å². The van der Waals surface area contributed by atoms with Crippen molar-refractivity contribution in [2.45, 2.75) is 37.5 Å². The van der Waals surface area contributed by atoms with Crippen LogP contribution in [0.15, 0.2) is 11.4 Å². The van der Waals surface area contributed by atoms with Gasteiger partial charge in [-0.1, -0.05) is 0 Å². The van der Waals surface area contributed by atoms with E-state index in [4.69, 9.17) is 0 Å². The van der Waals surface area contributed by atoms with Crippen LogP contribution in [0.5, 0.6) is 0 Å². The number of nitrogens with zero attached hydrogens (tertiary/aromatic N) is 1. The van der Waals surface area contributed by atoms with Crippen LogP contribution in [0.3, 0.4) is 0 Å². The van der Waals surface area contributed by atoms with Crippen LogP contribution in [0.4, 0.5) is 0 Å². The van der Waals surface area contributed by atoms with E-state index in [1.165, 1.54) is 16.9 Å². The zero-order valence-corrected chi connectivity index (χ0v) is 11.5. The number of thioether (sulfide) groups is 1. The Hall–Kier alpha value is -0.480. The van der Waals surface area contributed by atoms with Gasteiger partial charge in [-0.2, -0.15) is 0 Å². The first-order chi connectivity index (χ1) is 8.34. The summed E-state index contributed by atoms with van der Waals surface area (Å²) in [5.41, 5.74) is 1.38. The van der Waals surface area contributed by atoms with Crippen molar-refractivity contribution in [3.05, 3.63) is 21.9 Å². The summed E-state index contributed by atoms with van der Waals surface area (Å²) >= 11 is 3.69. The predicted molar refractivity (Wildman–Crippen MR) is 73.5 cm³/mol. The Balaban J connectivity index is 1.73. The molecular weight excluding hydrogens is 250 g/mol. The summed E-state index contributed by atoms with van der Waals surface area (Å²) < 4.78 is 0. The molecule has 0 N–H and O–H groups in total. The van der Waals surface area contributed by atoms with Crippen molar-refractivity contribution in [1.29, 1.82) is 0 Å². The van der Waals surface area contributed by atoms with E-state index < -0.39 is 0 Å². The topological polar surface area (TPSA) is 20.3 Å². The number of amides is 1. The molecule has 0 spiro atoms. The third-order valence-electron chi connectivity index (χ3n) is 3.55. The summed E-state index contributed by atoms with van der Waals surface area (Å²) in [4.78, 5) is 16.0. The standard InChI is InChI=1S/C13H17NOS2/c15-13(12-4-2-7-16-12)14-6-1-3-11-10(9-14)5-8-17-11/h5,8,12H,1-4,6-7,9H2. The van der Waals surface area contributed by atoms with Gasteiger partial charge in [0.05, 0.1) is 5.25 Å². The van der Waals surface area contributed by atoms with Crippen molar-refractivity contribution >= 4 is 29.0 Å². The summed E-state index contributed by atoms with van der Waals surface area (Å²) in [5.74, 6) is 1.54. The minimum Gasteiger partial charge on any atom is -0.337 e. The zero-order valence-electron chi connectivity index (χ0n) is 9.85. The Labute approximate surface area is 110 Å². The van der Waals surface area contributed by atoms with Gasteiger partial charge in [0.25, 0.3) is 0 Å². The van der Waals surface area contributed by atoms with E-state index in [9.17, 15) is 4.79 Å². The molecule has 1 unspecified atom stereocenters. The smallest absolute Gasteiger partial charge is 0.235 e. The van der Waals surface area contributed by atoms with E-state index in [0.717, 1.165) is 38.1 Å². The lowest BCUT2D eigenvalue weighted by atomic mass is 10.2. The summed E-state index contributed by atoms with van der Waals surface area (Å²) in [7, 11) is 0. The second kappa shape index (κ2) is 5.02. The van der Waals surface area contributed by atoms with Crippen molar-refractivity contribution < 1.29 is 4.79 Å². The molecule has 3 heterocycles. The van der Waals surface area contributed by atoms with Crippen LogP contribution in [0, 0.1) is 0 Å². The molecule has 1 atom stereocenters. The van der Waals surface area contributed by atoms with Crippen molar-refractivity contribution in [3.63, 3.8) is 0 Å². The van der Waals surface area contributed by atoms with Crippen LogP contribution >= 0.6 is 23.1 Å². The number of thiophene rings is 1. The van der Waals surface area contributed by atoms with Gasteiger partial charge in [0.15, 0.2) is 0 Å². The lowest BCUT2D eigenvalue weighted by molar-refractivity contribution is -0.131. The normalized spacial score (nSPS) is 24.5. The number of hydrogen-bond acceptors (Lipinski definition) is 3. The lowest BCUT2D eigenvalue weighted by Gasteiger charge is -2.23. The second-order valence-corrected chi connectivity index (χ2v) is 7.05. The van der Waals surface area contributed by atoms with Crippen LogP contribution in [0.1, 0.15) is 29.7 Å². The molecule has 0 bridgehead atoms. The second-order valence-electron chi connectivity index (χ2n) is 4.73. The van der Waals surface area contributed by atoms with E-state index in [1.807, 2.05) is 23.1 Å². The van der Waals surface area contributed by atoms with Gasteiger partial charge in [-0.15, -0.1) is 23.1 Å². The molecule has 1 aromatic rings. The Morgan fingerprint density at radius 2 is 2.35 bits per heavy atom. The van der Waals surface area contributed by atoms with Gasteiger partial charge in [0.1, 0.15) is 0 Å². The highest BCUT2D eigenvalue weighted by molar-refractivity contribution is 8.00. The number of carbonyl (C=O) groups is 1. The summed E-state index contributed by atoms with van der Waals surface area (Å²) in [6, 6.07) is 2.19. The highest BCUT2D eigenvalue weighted by Crippen LogP contribution is 2.30. The van der Waals surface area contributed by atoms with Crippen molar-refractivity contribution in [2.24, 2.45) is 0 Å². The summed E-state index contributed by atoms with van der Waals surface area (Å²) in [6.45, 7) is 1.78. The predicted octanol–water partition coefficient (Wildman–Crippen LogP) is 2.92. The Kier molecular flexibility index (Phi) is 3.43. The number of carbonyl (C=O) groups excluding carboxylic acids is 1. The number of hydrogen-bond donors (Lipinski definition) is 0. The van der Waals surface area contributed by atoms with E-state index >= 15 is 0 Å². The van der Waals surface area contributed by atoms with Gasteiger partial charge in [-0.25, -0.2) is 0 Å². The van der Waals surface area contributed by atoms with Gasteiger partial charge >= 0.3 is 0 Å². The summed E-state index contributed by atoms with van der Waals surface area (Å²) in [6.07, 6.45) is 4.56. The maximum Gasteiger partial charge on any atom is 0.235 e. The van der Waals surface area contributed by atoms with E-state index in [1.54, 1.807) is 0 Å². The van der Waals surface area contributed by atoms with Gasteiger partial charge in [-0.3, -0.25) is 4.79 Å². The molecule has 92 valence electrons. The van der Waals surface area contributed by atoms with E-state index in [2.05, 4.69) is 16.3 Å². The first-order valence-electron chi connectivity index (χ1n) is 6.30. The maximum atomic E-state index is 12.4. The highest BCUT2D eigenvalue weighted by Gasteiger charge is 2.29. The monoisotopic (exact) mass is 267 g/mol. The van der Waals surface area contributed by atoms with E-state index in [0.29, 0.717) is 5.91 Å². The SMILES string of the molecule is O=C(C1CCCS1)N1CCCc2sccc2C1. The van der Waals surface area contributed by atoms with Gasteiger partial charge in [-0.05, 0) is 48.4 Å². The van der Waals surface area contributed by atoms with Crippen molar-refractivity contribution in [2.75, 3.05) is 12.3 Å². The highest BCUT2D eigenvalue weighted by atomic mass is 32.2. The quantitative estimate of drug-likeness (QED) is 0.780. The first-order valence-corrected chi connectivity index (χ1v) is 8.23. The Morgan fingerprint density at radius 3 is 3.18 bits per heavy atom. The third kappa shape index (κ3) is 2.38. The molecule has 1 saturated heterocycles. The first kappa shape index (κ1) is 11.6. The van der Waals surface area contributed by atoms with Gasteiger partial charge in [0.2, 0.25) is 5.91 Å². The molecule has 4 heteroatoms. The van der Waals surface area contributed by atoms with Crippen molar-refractivity contribution in [1.82, 2.24) is 4.90 Å². The van der Waals surface area contributed by atoms with Crippen LogP contribution in [0.25, 0.3) is 0 Å². The fourth-order valence-corrected chi connectivity index (χ4v) is 4.79. The molecule has 17 heavy (non-hydrogen) atoms. The minimum absolute atomic E-state index is 0.246. The minimum atomic E-state index is 0.246. The number of aryl methyl sites for hydroxylation is 1. The number of fused-ring (bicyclic) bond motifs is 1. The fourth-order valence-electron chi connectivity index (χ4n) is 2.61. The molecule has 1 fully saturated rings. The molecule has 0 saturated carbocycles. The molecule has 0 radical (unpaired) electrons. The molecule has 0 aliphatic carbocycles. The largest absolute Gasteiger partial charge is 0.337 e. The molecular formula is C13H17NOS2. The van der Waals surface area contributed by atoms with Crippen molar-refractivity contribution in [3.8, 4) is 0 Å². The van der Waals surface area contributed by atoms with Gasteiger partial charge in [0, 0.05) is 18.0 Å². The van der Waals surface area contributed by atoms with Crippen LogP contribution in [-0.4, -0.2) is 28.4 Å². The number of rotatable bonds is 1. The van der Waals surface area contributed by atoms with Gasteiger partial charge < -0.3 is 4.90 Å². The molecule has 2 nitrogen and oxygen atoms in total. The Bertz CT molecular complexity index is 409. The molecule has 3 rings (SSSR count). The third-order valence-corrected chi connectivity index (χ3v) is 5.93. The maximum absolute atomic E-state index is 12.4. The lowest BCUT2D eigenvalue weighted by Crippen LogP contribution is -2.36. The molecule has 1 amide bonds. The molecule has 0 aromatic carbocycles. The molecule has 2 aliphatic rings. The van der Waals surface area contributed by atoms with Crippen LogP contribution in [-0.2, 0) is 17.8 Å². The zero-order chi connectivity index (χ0) is 11.7. The fraction of sp³-hybridized carbons (Fsp3) is 0.615. The average molecular weight is 267 g/mol. The average Bonchev–Trinajstić information content (AvgIpc) is 2.96. The van der Waals surface area contributed by atoms with Crippen LogP contribution in [0.2, 0.25) is 0 Å². The molecule has 1 aromatic heterocycles. The Morgan fingerprint density at radius 1 is 1.41 bits per heavy atom.